The minimum absolute atomic E-state index is 0.266. The van der Waals surface area contributed by atoms with Crippen LogP contribution in [0.25, 0.3) is 6.08 Å². The van der Waals surface area contributed by atoms with Crippen molar-refractivity contribution in [1.82, 2.24) is 0 Å². The van der Waals surface area contributed by atoms with Crippen molar-refractivity contribution in [1.29, 1.82) is 0 Å². The van der Waals surface area contributed by atoms with E-state index in [1.165, 1.54) is 5.56 Å². The van der Waals surface area contributed by atoms with Gasteiger partial charge in [-0.3, -0.25) is 0 Å². The lowest BCUT2D eigenvalue weighted by Gasteiger charge is -2.17. The Morgan fingerprint density at radius 2 is 1.88 bits per heavy atom. The fourth-order valence-electron chi connectivity index (χ4n) is 1.19. The van der Waals surface area contributed by atoms with Gasteiger partial charge in [0.2, 0.25) is 0 Å². The number of benzene rings is 1. The lowest BCUT2D eigenvalue weighted by atomic mass is 10.1. The molecule has 0 fully saturated rings. The van der Waals surface area contributed by atoms with Crippen molar-refractivity contribution in [3.8, 4) is 0 Å². The minimum Gasteiger partial charge on any atom is -0.478 e. The summed E-state index contributed by atoms with van der Waals surface area (Å²) in [7, 11) is 0. The van der Waals surface area contributed by atoms with Gasteiger partial charge in [0, 0.05) is 16.6 Å². The summed E-state index contributed by atoms with van der Waals surface area (Å²) in [6.45, 7) is 6.59. The summed E-state index contributed by atoms with van der Waals surface area (Å²) in [6, 6.07) is 7.97. The predicted octanol–water partition coefficient (Wildman–Crippen LogP) is 3.82. The summed E-state index contributed by atoms with van der Waals surface area (Å²) in [6.07, 6.45) is 2.75. The SMILES string of the molecule is CC(C)(C)SCc1ccc(/C=C/C(=O)O)cc1. The molecule has 0 radical (unpaired) electrons. The second-order valence-corrected chi connectivity index (χ2v) is 6.62. The van der Waals surface area contributed by atoms with E-state index in [-0.39, 0.29) is 4.75 Å². The fourth-order valence-corrected chi connectivity index (χ4v) is 1.98. The molecule has 0 saturated carbocycles. The maximum absolute atomic E-state index is 10.4. The Morgan fingerprint density at radius 1 is 1.29 bits per heavy atom. The highest BCUT2D eigenvalue weighted by molar-refractivity contribution is 7.99. The monoisotopic (exact) mass is 250 g/mol. The highest BCUT2D eigenvalue weighted by atomic mass is 32.2. The Morgan fingerprint density at radius 3 is 2.35 bits per heavy atom. The number of thioether (sulfide) groups is 1. The van der Waals surface area contributed by atoms with Crippen molar-refractivity contribution < 1.29 is 9.90 Å². The standard InChI is InChI=1S/C14H18O2S/c1-14(2,3)17-10-12-6-4-11(5-7-12)8-9-13(15)16/h4-9H,10H2,1-3H3,(H,15,16)/b9-8+. The average Bonchev–Trinajstić information content (AvgIpc) is 2.24. The van der Waals surface area contributed by atoms with E-state index in [0.717, 1.165) is 17.4 Å². The summed E-state index contributed by atoms with van der Waals surface area (Å²) < 4.78 is 0.266. The largest absolute Gasteiger partial charge is 0.478 e. The molecule has 0 aliphatic carbocycles. The van der Waals surface area contributed by atoms with Gasteiger partial charge in [-0.05, 0) is 17.2 Å². The molecule has 17 heavy (non-hydrogen) atoms. The molecule has 0 aromatic heterocycles. The van der Waals surface area contributed by atoms with Gasteiger partial charge >= 0.3 is 5.97 Å². The molecule has 0 aliphatic rings. The van der Waals surface area contributed by atoms with Crippen molar-refractivity contribution in [2.24, 2.45) is 0 Å². The molecule has 0 aliphatic heterocycles. The number of carbonyl (C=O) groups is 1. The third-order valence-corrected chi connectivity index (χ3v) is 3.41. The van der Waals surface area contributed by atoms with E-state index in [9.17, 15) is 4.79 Å². The lowest BCUT2D eigenvalue weighted by molar-refractivity contribution is -0.131. The van der Waals surface area contributed by atoms with Crippen LogP contribution in [0, 0.1) is 0 Å². The Labute approximate surface area is 107 Å². The average molecular weight is 250 g/mol. The van der Waals surface area contributed by atoms with Gasteiger partial charge in [0.1, 0.15) is 0 Å². The summed E-state index contributed by atoms with van der Waals surface area (Å²) in [4.78, 5) is 10.4. The van der Waals surface area contributed by atoms with Gasteiger partial charge in [-0.25, -0.2) is 4.79 Å². The van der Waals surface area contributed by atoms with Crippen LogP contribution in [0.4, 0.5) is 0 Å². The molecule has 0 saturated heterocycles. The molecular weight excluding hydrogens is 232 g/mol. The van der Waals surface area contributed by atoms with Crippen molar-refractivity contribution in [3.05, 3.63) is 41.5 Å². The zero-order valence-electron chi connectivity index (χ0n) is 10.4. The molecule has 0 spiro atoms. The fraction of sp³-hybridized carbons (Fsp3) is 0.357. The molecule has 1 N–H and O–H groups in total. The molecule has 1 aromatic carbocycles. The predicted molar refractivity (Wildman–Crippen MR) is 74.2 cm³/mol. The van der Waals surface area contributed by atoms with E-state index in [2.05, 4.69) is 20.8 Å². The van der Waals surface area contributed by atoms with Crippen LogP contribution in [-0.4, -0.2) is 15.8 Å². The van der Waals surface area contributed by atoms with Gasteiger partial charge in [-0.2, -0.15) is 11.8 Å². The molecule has 1 rings (SSSR count). The highest BCUT2D eigenvalue weighted by Crippen LogP contribution is 2.27. The van der Waals surface area contributed by atoms with Crippen LogP contribution < -0.4 is 0 Å². The van der Waals surface area contributed by atoms with Gasteiger partial charge in [-0.1, -0.05) is 45.0 Å². The first-order valence-electron chi connectivity index (χ1n) is 5.51. The molecule has 3 heteroatoms. The topological polar surface area (TPSA) is 37.3 Å². The Hall–Kier alpha value is -1.22. The zero-order valence-corrected chi connectivity index (χ0v) is 11.3. The smallest absolute Gasteiger partial charge is 0.328 e. The number of hydrogen-bond acceptors (Lipinski definition) is 2. The van der Waals surface area contributed by atoms with E-state index in [1.807, 2.05) is 36.0 Å². The van der Waals surface area contributed by atoms with Crippen LogP contribution in [0.15, 0.2) is 30.3 Å². The third kappa shape index (κ3) is 6.17. The molecule has 1 aromatic rings. The van der Waals surface area contributed by atoms with E-state index >= 15 is 0 Å². The first-order valence-corrected chi connectivity index (χ1v) is 6.49. The normalized spacial score (nSPS) is 11.9. The minimum atomic E-state index is -0.919. The van der Waals surface area contributed by atoms with Crippen LogP contribution in [0.3, 0.4) is 0 Å². The first kappa shape index (κ1) is 13.8. The lowest BCUT2D eigenvalue weighted by Crippen LogP contribution is -2.07. The third-order valence-electron chi connectivity index (χ3n) is 2.07. The van der Waals surface area contributed by atoms with Crippen molar-refractivity contribution in [3.63, 3.8) is 0 Å². The van der Waals surface area contributed by atoms with Gasteiger partial charge in [-0.15, -0.1) is 0 Å². The van der Waals surface area contributed by atoms with Crippen LogP contribution in [0.2, 0.25) is 0 Å². The van der Waals surface area contributed by atoms with Crippen molar-refractivity contribution >= 4 is 23.8 Å². The van der Waals surface area contributed by atoms with Gasteiger partial charge in [0.05, 0.1) is 0 Å². The Balaban J connectivity index is 2.59. The van der Waals surface area contributed by atoms with E-state index in [1.54, 1.807) is 6.08 Å². The molecule has 92 valence electrons. The van der Waals surface area contributed by atoms with Crippen molar-refractivity contribution in [2.75, 3.05) is 0 Å². The van der Waals surface area contributed by atoms with E-state index in [4.69, 9.17) is 5.11 Å². The van der Waals surface area contributed by atoms with Crippen LogP contribution in [-0.2, 0) is 10.5 Å². The van der Waals surface area contributed by atoms with Crippen LogP contribution >= 0.6 is 11.8 Å². The molecule has 0 amide bonds. The molecule has 0 bridgehead atoms. The van der Waals surface area contributed by atoms with Crippen LogP contribution in [0.5, 0.6) is 0 Å². The summed E-state index contributed by atoms with van der Waals surface area (Å²) in [5.41, 5.74) is 2.18. The number of rotatable bonds is 4. The quantitative estimate of drug-likeness (QED) is 0.825. The Bertz CT molecular complexity index is 399. The van der Waals surface area contributed by atoms with Gasteiger partial charge < -0.3 is 5.11 Å². The molecule has 2 nitrogen and oxygen atoms in total. The second-order valence-electron chi connectivity index (χ2n) is 4.81. The number of carboxylic acid groups (broad SMARTS) is 1. The molecule has 0 atom stereocenters. The van der Waals surface area contributed by atoms with Crippen LogP contribution in [0.1, 0.15) is 31.9 Å². The van der Waals surface area contributed by atoms with Gasteiger partial charge in [0.25, 0.3) is 0 Å². The van der Waals surface area contributed by atoms with Crippen molar-refractivity contribution in [2.45, 2.75) is 31.3 Å². The summed E-state index contributed by atoms with van der Waals surface area (Å²) in [5.74, 6) is 0.0595. The molecule has 0 heterocycles. The summed E-state index contributed by atoms with van der Waals surface area (Å²) >= 11 is 1.90. The van der Waals surface area contributed by atoms with E-state index < -0.39 is 5.97 Å². The second kappa shape index (κ2) is 5.92. The first-order chi connectivity index (χ1) is 7.87. The van der Waals surface area contributed by atoms with E-state index in [0.29, 0.717) is 0 Å². The maximum Gasteiger partial charge on any atom is 0.328 e. The maximum atomic E-state index is 10.4. The van der Waals surface area contributed by atoms with Gasteiger partial charge in [0.15, 0.2) is 0 Å². The highest BCUT2D eigenvalue weighted by Gasteiger charge is 2.10. The summed E-state index contributed by atoms with van der Waals surface area (Å²) in [5, 5.41) is 8.51. The number of hydrogen-bond donors (Lipinski definition) is 1. The Kier molecular flexibility index (Phi) is 4.82. The number of aliphatic carboxylic acids is 1. The molecular formula is C14H18O2S. The number of carboxylic acids is 1. The zero-order chi connectivity index (χ0) is 12.9. The molecule has 0 unspecified atom stereocenters.